The molecule has 5 nitrogen and oxygen atoms in total. The smallest absolute Gasteiger partial charge is 0.287 e. The van der Waals surface area contributed by atoms with Crippen LogP contribution in [0.5, 0.6) is 0 Å². The van der Waals surface area contributed by atoms with Gasteiger partial charge in [0.25, 0.3) is 5.91 Å². The summed E-state index contributed by atoms with van der Waals surface area (Å²) in [5, 5.41) is 4.00. The molecule has 0 radical (unpaired) electrons. The van der Waals surface area contributed by atoms with Gasteiger partial charge in [-0.15, -0.1) is 0 Å². The van der Waals surface area contributed by atoms with E-state index >= 15 is 0 Å². The van der Waals surface area contributed by atoms with E-state index in [0.717, 1.165) is 18.7 Å². The number of anilines is 1. The van der Waals surface area contributed by atoms with Crippen molar-refractivity contribution in [3.05, 3.63) is 53.9 Å². The molecule has 0 atom stereocenters. The van der Waals surface area contributed by atoms with Crippen molar-refractivity contribution in [1.82, 2.24) is 9.99 Å². The first-order valence-corrected chi connectivity index (χ1v) is 7.45. The Kier molecular flexibility index (Phi) is 5.36. The molecular formula is C17H22N4O. The summed E-state index contributed by atoms with van der Waals surface area (Å²) in [5.74, 6) is -0.219. The van der Waals surface area contributed by atoms with Crippen LogP contribution in [-0.2, 0) is 7.05 Å². The van der Waals surface area contributed by atoms with Crippen LogP contribution < -0.4 is 10.3 Å². The Morgan fingerprint density at radius 1 is 1.23 bits per heavy atom. The number of aryl methyl sites for hydroxylation is 1. The maximum Gasteiger partial charge on any atom is 0.287 e. The van der Waals surface area contributed by atoms with Gasteiger partial charge in [0.2, 0.25) is 0 Å². The van der Waals surface area contributed by atoms with Crippen molar-refractivity contribution in [3.8, 4) is 0 Å². The van der Waals surface area contributed by atoms with Gasteiger partial charge in [-0.05, 0) is 43.7 Å². The first kappa shape index (κ1) is 15.8. The molecule has 1 aromatic carbocycles. The highest BCUT2D eigenvalue weighted by Gasteiger charge is 2.06. The molecule has 0 bridgehead atoms. The van der Waals surface area contributed by atoms with E-state index in [4.69, 9.17) is 0 Å². The fourth-order valence-corrected chi connectivity index (χ4v) is 2.28. The Balaban J connectivity index is 1.96. The second kappa shape index (κ2) is 7.45. The number of nitrogens with zero attached hydrogens (tertiary/aromatic N) is 3. The highest BCUT2D eigenvalue weighted by Crippen LogP contribution is 2.13. The van der Waals surface area contributed by atoms with Crippen molar-refractivity contribution in [2.24, 2.45) is 12.1 Å². The van der Waals surface area contributed by atoms with Crippen molar-refractivity contribution in [2.45, 2.75) is 13.8 Å². The van der Waals surface area contributed by atoms with Gasteiger partial charge in [0.15, 0.2) is 0 Å². The van der Waals surface area contributed by atoms with Gasteiger partial charge < -0.3 is 9.47 Å². The molecule has 1 N–H and O–H groups in total. The van der Waals surface area contributed by atoms with Gasteiger partial charge in [-0.3, -0.25) is 4.79 Å². The second-order valence-corrected chi connectivity index (χ2v) is 4.97. The number of aromatic nitrogens is 1. The van der Waals surface area contributed by atoms with E-state index in [1.165, 1.54) is 5.69 Å². The first-order valence-electron chi connectivity index (χ1n) is 7.45. The molecule has 1 aromatic heterocycles. The van der Waals surface area contributed by atoms with Crippen molar-refractivity contribution in [1.29, 1.82) is 0 Å². The molecule has 0 unspecified atom stereocenters. The quantitative estimate of drug-likeness (QED) is 0.658. The molecule has 0 saturated heterocycles. The number of benzene rings is 1. The topological polar surface area (TPSA) is 49.6 Å². The summed E-state index contributed by atoms with van der Waals surface area (Å²) in [7, 11) is 1.82. The fraction of sp³-hybridized carbons (Fsp3) is 0.294. The molecule has 1 heterocycles. The van der Waals surface area contributed by atoms with Crippen LogP contribution in [-0.4, -0.2) is 29.8 Å². The lowest BCUT2D eigenvalue weighted by atomic mass is 10.2. The lowest BCUT2D eigenvalue weighted by molar-refractivity contribution is 0.0947. The molecule has 0 spiro atoms. The first-order chi connectivity index (χ1) is 10.7. The lowest BCUT2D eigenvalue weighted by Gasteiger charge is -2.20. The average Bonchev–Trinajstić information content (AvgIpc) is 2.96. The van der Waals surface area contributed by atoms with Crippen LogP contribution in [0.1, 0.15) is 29.9 Å². The number of hydrogen-bond donors (Lipinski definition) is 1. The van der Waals surface area contributed by atoms with Gasteiger partial charge >= 0.3 is 0 Å². The third kappa shape index (κ3) is 3.75. The molecule has 22 heavy (non-hydrogen) atoms. The van der Waals surface area contributed by atoms with E-state index in [9.17, 15) is 4.79 Å². The van der Waals surface area contributed by atoms with Gasteiger partial charge in [0.1, 0.15) is 5.69 Å². The van der Waals surface area contributed by atoms with E-state index in [0.29, 0.717) is 5.69 Å². The second-order valence-electron chi connectivity index (χ2n) is 4.97. The minimum atomic E-state index is -0.219. The Hall–Kier alpha value is -2.56. The summed E-state index contributed by atoms with van der Waals surface area (Å²) in [6.45, 7) is 6.24. The summed E-state index contributed by atoms with van der Waals surface area (Å²) in [6.07, 6.45) is 3.47. The number of rotatable bonds is 6. The zero-order valence-electron chi connectivity index (χ0n) is 13.3. The molecule has 1 amide bonds. The van der Waals surface area contributed by atoms with Crippen LogP contribution >= 0.6 is 0 Å². The average molecular weight is 298 g/mol. The van der Waals surface area contributed by atoms with E-state index in [2.05, 4.69) is 41.4 Å². The molecule has 0 fully saturated rings. The predicted molar refractivity (Wildman–Crippen MR) is 90.5 cm³/mol. The largest absolute Gasteiger partial charge is 0.372 e. The van der Waals surface area contributed by atoms with Crippen LogP contribution in [0.15, 0.2) is 47.7 Å². The van der Waals surface area contributed by atoms with Gasteiger partial charge in [-0.1, -0.05) is 12.1 Å². The van der Waals surface area contributed by atoms with E-state index in [-0.39, 0.29) is 5.91 Å². The highest BCUT2D eigenvalue weighted by atomic mass is 16.2. The number of hydrogen-bond acceptors (Lipinski definition) is 3. The summed E-state index contributed by atoms with van der Waals surface area (Å²) in [6, 6.07) is 11.7. The van der Waals surface area contributed by atoms with Gasteiger partial charge in [0.05, 0.1) is 6.21 Å². The van der Waals surface area contributed by atoms with Crippen molar-refractivity contribution >= 4 is 17.8 Å². The van der Waals surface area contributed by atoms with Crippen molar-refractivity contribution in [3.63, 3.8) is 0 Å². The summed E-state index contributed by atoms with van der Waals surface area (Å²) >= 11 is 0. The molecule has 5 heteroatoms. The summed E-state index contributed by atoms with van der Waals surface area (Å²) in [4.78, 5) is 14.2. The SMILES string of the molecule is CCN(CC)c1ccc(/C=N/NC(=O)c2cccn2C)cc1. The van der Waals surface area contributed by atoms with Crippen LogP contribution in [0.25, 0.3) is 0 Å². The van der Waals surface area contributed by atoms with Crippen LogP contribution in [0.4, 0.5) is 5.69 Å². The van der Waals surface area contributed by atoms with E-state index < -0.39 is 0 Å². The molecule has 2 aromatic rings. The predicted octanol–water partition coefficient (Wildman–Crippen LogP) is 2.64. The summed E-state index contributed by atoms with van der Waals surface area (Å²) in [5.41, 5.74) is 5.25. The van der Waals surface area contributed by atoms with Crippen LogP contribution in [0.3, 0.4) is 0 Å². The number of carbonyl (C=O) groups excluding carboxylic acids is 1. The summed E-state index contributed by atoms with van der Waals surface area (Å²) < 4.78 is 1.75. The zero-order chi connectivity index (χ0) is 15.9. The zero-order valence-corrected chi connectivity index (χ0v) is 13.3. The molecule has 0 saturated carbocycles. The third-order valence-electron chi connectivity index (χ3n) is 3.58. The highest BCUT2D eigenvalue weighted by molar-refractivity contribution is 5.93. The van der Waals surface area contributed by atoms with Gasteiger partial charge in [-0.25, -0.2) is 5.43 Å². The Morgan fingerprint density at radius 3 is 2.45 bits per heavy atom. The molecular weight excluding hydrogens is 276 g/mol. The lowest BCUT2D eigenvalue weighted by Crippen LogP contribution is -2.21. The van der Waals surface area contributed by atoms with E-state index in [1.807, 2.05) is 31.4 Å². The van der Waals surface area contributed by atoms with Gasteiger partial charge in [-0.2, -0.15) is 5.10 Å². The number of amides is 1. The van der Waals surface area contributed by atoms with Crippen LogP contribution in [0, 0.1) is 0 Å². The fourth-order valence-electron chi connectivity index (χ4n) is 2.28. The Labute approximate surface area is 131 Å². The number of carbonyl (C=O) groups is 1. The molecule has 116 valence electrons. The minimum absolute atomic E-state index is 0.219. The third-order valence-corrected chi connectivity index (χ3v) is 3.58. The molecule has 0 aliphatic rings. The normalized spacial score (nSPS) is 10.9. The van der Waals surface area contributed by atoms with E-state index in [1.54, 1.807) is 16.8 Å². The van der Waals surface area contributed by atoms with Crippen molar-refractivity contribution in [2.75, 3.05) is 18.0 Å². The minimum Gasteiger partial charge on any atom is -0.372 e. The standard InChI is InChI=1S/C17H22N4O/c1-4-21(5-2)15-10-8-14(9-11-15)13-18-19-17(22)16-7-6-12-20(16)3/h6-13H,4-5H2,1-3H3,(H,19,22)/b18-13+. The van der Waals surface area contributed by atoms with Crippen LogP contribution in [0.2, 0.25) is 0 Å². The Bertz CT molecular complexity index is 639. The van der Waals surface area contributed by atoms with Crippen molar-refractivity contribution < 1.29 is 4.79 Å². The monoisotopic (exact) mass is 298 g/mol. The molecule has 2 rings (SSSR count). The Morgan fingerprint density at radius 2 is 1.91 bits per heavy atom. The van der Waals surface area contributed by atoms with Gasteiger partial charge in [0, 0.05) is 32.0 Å². The molecule has 0 aliphatic heterocycles. The number of hydrazone groups is 1. The molecule has 0 aliphatic carbocycles. The maximum atomic E-state index is 11.9. The number of nitrogens with one attached hydrogen (secondary N) is 1. The maximum absolute atomic E-state index is 11.9.